The van der Waals surface area contributed by atoms with E-state index in [1.54, 1.807) is 38.1 Å². The van der Waals surface area contributed by atoms with Crippen molar-refractivity contribution < 1.29 is 28.6 Å². The highest BCUT2D eigenvalue weighted by molar-refractivity contribution is 6.30. The van der Waals surface area contributed by atoms with Crippen LogP contribution in [0.1, 0.15) is 41.4 Å². The SMILES string of the molecule is CCOC(=O)CCCNC(=O)Cc1c(C)n(C(=O)c2ccc(Cl)cc2)c2cc(F)c(O)cc12. The second kappa shape index (κ2) is 10.5. The molecular formula is C24H24ClFN2O5. The number of carbonyl (C=O) groups is 3. The molecule has 0 saturated heterocycles. The number of hydrogen-bond donors (Lipinski definition) is 2. The molecule has 33 heavy (non-hydrogen) atoms. The molecule has 2 aromatic carbocycles. The zero-order valence-corrected chi connectivity index (χ0v) is 19.0. The Balaban J connectivity index is 1.87. The highest BCUT2D eigenvalue weighted by atomic mass is 35.5. The lowest BCUT2D eigenvalue weighted by Gasteiger charge is -2.08. The number of halogens is 2. The Kier molecular flexibility index (Phi) is 7.71. The van der Waals surface area contributed by atoms with E-state index in [1.165, 1.54) is 10.6 Å². The molecule has 0 atom stereocenters. The second-order valence-electron chi connectivity index (χ2n) is 7.47. The predicted octanol–water partition coefficient (Wildman–Crippen LogP) is 4.14. The van der Waals surface area contributed by atoms with E-state index in [0.717, 1.165) is 6.07 Å². The number of hydrogen-bond acceptors (Lipinski definition) is 5. The standard InChI is InChI=1S/C24H24ClFN2O5/c1-3-33-23(31)5-4-10-27-22(30)12-17-14(2)28(20-13-19(26)21(29)11-18(17)20)24(32)15-6-8-16(25)9-7-15/h6-9,11,13,29H,3-5,10,12H2,1-2H3,(H,27,30). The minimum Gasteiger partial charge on any atom is -0.505 e. The normalized spacial score (nSPS) is 10.9. The van der Waals surface area contributed by atoms with Gasteiger partial charge in [0.1, 0.15) is 0 Å². The topological polar surface area (TPSA) is 97.6 Å². The van der Waals surface area contributed by atoms with Gasteiger partial charge in [0, 0.05) is 40.7 Å². The Hall–Kier alpha value is -3.39. The molecule has 0 radical (unpaired) electrons. The number of aromatic hydroxyl groups is 1. The van der Waals surface area contributed by atoms with Crippen molar-refractivity contribution in [3.05, 3.63) is 64.1 Å². The molecule has 0 bridgehead atoms. The first-order valence-corrected chi connectivity index (χ1v) is 10.9. The molecule has 0 aliphatic carbocycles. The lowest BCUT2D eigenvalue weighted by atomic mass is 10.1. The molecule has 0 unspecified atom stereocenters. The lowest BCUT2D eigenvalue weighted by Crippen LogP contribution is -2.27. The maximum absolute atomic E-state index is 14.2. The Labute approximate surface area is 195 Å². The van der Waals surface area contributed by atoms with Crippen LogP contribution >= 0.6 is 11.6 Å². The van der Waals surface area contributed by atoms with E-state index in [0.29, 0.717) is 40.3 Å². The quantitative estimate of drug-likeness (QED) is 0.378. The van der Waals surface area contributed by atoms with Crippen molar-refractivity contribution in [3.63, 3.8) is 0 Å². The van der Waals surface area contributed by atoms with Gasteiger partial charge in [-0.1, -0.05) is 11.6 Å². The maximum Gasteiger partial charge on any atom is 0.305 e. The minimum absolute atomic E-state index is 0.0896. The largest absolute Gasteiger partial charge is 0.505 e. The van der Waals surface area contributed by atoms with Crippen LogP contribution in [0.4, 0.5) is 4.39 Å². The summed E-state index contributed by atoms with van der Waals surface area (Å²) in [5, 5.41) is 13.5. The zero-order valence-electron chi connectivity index (χ0n) is 18.3. The number of nitrogens with one attached hydrogen (secondary N) is 1. The number of benzene rings is 2. The van der Waals surface area contributed by atoms with Crippen LogP contribution in [0.15, 0.2) is 36.4 Å². The molecule has 1 amide bonds. The molecule has 7 nitrogen and oxygen atoms in total. The number of aromatic nitrogens is 1. The van der Waals surface area contributed by atoms with E-state index < -0.39 is 17.5 Å². The third kappa shape index (κ3) is 5.51. The van der Waals surface area contributed by atoms with Crippen molar-refractivity contribution >= 4 is 40.3 Å². The van der Waals surface area contributed by atoms with Gasteiger partial charge in [0.25, 0.3) is 5.91 Å². The molecule has 3 rings (SSSR count). The fourth-order valence-corrected chi connectivity index (χ4v) is 3.74. The van der Waals surface area contributed by atoms with Crippen LogP contribution in [-0.4, -0.2) is 40.6 Å². The number of carbonyl (C=O) groups excluding carboxylic acids is 3. The Bertz CT molecular complexity index is 1200. The Morgan fingerprint density at radius 1 is 1.18 bits per heavy atom. The highest BCUT2D eigenvalue weighted by Crippen LogP contribution is 2.32. The van der Waals surface area contributed by atoms with E-state index in [-0.39, 0.29) is 36.8 Å². The van der Waals surface area contributed by atoms with Gasteiger partial charge in [-0.15, -0.1) is 0 Å². The first-order chi connectivity index (χ1) is 15.7. The Morgan fingerprint density at radius 3 is 2.55 bits per heavy atom. The molecule has 0 aliphatic rings. The van der Waals surface area contributed by atoms with Crippen LogP contribution in [0.3, 0.4) is 0 Å². The summed E-state index contributed by atoms with van der Waals surface area (Å²) in [5.74, 6) is -2.53. The van der Waals surface area contributed by atoms with E-state index in [9.17, 15) is 23.9 Å². The fraction of sp³-hybridized carbons (Fsp3) is 0.292. The highest BCUT2D eigenvalue weighted by Gasteiger charge is 2.23. The molecule has 2 N–H and O–H groups in total. The van der Waals surface area contributed by atoms with Crippen LogP contribution in [0, 0.1) is 12.7 Å². The molecule has 0 aliphatic heterocycles. The zero-order chi connectivity index (χ0) is 24.1. The van der Waals surface area contributed by atoms with Crippen molar-refractivity contribution in [2.45, 2.75) is 33.1 Å². The molecule has 0 spiro atoms. The van der Waals surface area contributed by atoms with E-state index in [4.69, 9.17) is 16.3 Å². The summed E-state index contributed by atoms with van der Waals surface area (Å²) in [4.78, 5) is 37.2. The average Bonchev–Trinajstić information content (AvgIpc) is 3.02. The molecule has 3 aromatic rings. The van der Waals surface area contributed by atoms with Gasteiger partial charge >= 0.3 is 5.97 Å². The molecule has 9 heteroatoms. The molecule has 1 heterocycles. The maximum atomic E-state index is 14.2. The summed E-state index contributed by atoms with van der Waals surface area (Å²) >= 11 is 5.91. The third-order valence-electron chi connectivity index (χ3n) is 5.22. The van der Waals surface area contributed by atoms with Gasteiger partial charge in [-0.05, 0) is 56.2 Å². The smallest absolute Gasteiger partial charge is 0.305 e. The number of esters is 1. The Morgan fingerprint density at radius 2 is 1.88 bits per heavy atom. The fourth-order valence-electron chi connectivity index (χ4n) is 3.61. The van der Waals surface area contributed by atoms with Crippen LogP contribution in [0.2, 0.25) is 5.02 Å². The number of fused-ring (bicyclic) bond motifs is 1. The van der Waals surface area contributed by atoms with E-state index in [1.807, 2.05) is 0 Å². The lowest BCUT2D eigenvalue weighted by molar-refractivity contribution is -0.143. The van der Waals surface area contributed by atoms with Crippen molar-refractivity contribution in [1.82, 2.24) is 9.88 Å². The molecule has 0 fully saturated rings. The van der Waals surface area contributed by atoms with Crippen molar-refractivity contribution in [2.24, 2.45) is 0 Å². The number of nitrogens with zero attached hydrogens (tertiary/aromatic N) is 1. The number of amides is 1. The number of phenolic OH excluding ortho intramolecular Hbond substituents is 1. The summed E-state index contributed by atoms with van der Waals surface area (Å²) in [6.07, 6.45) is 0.523. The summed E-state index contributed by atoms with van der Waals surface area (Å²) in [5.41, 5.74) is 1.53. The number of rotatable bonds is 8. The predicted molar refractivity (Wildman–Crippen MR) is 122 cm³/mol. The number of ether oxygens (including phenoxy) is 1. The molecular weight excluding hydrogens is 451 g/mol. The second-order valence-corrected chi connectivity index (χ2v) is 7.90. The van der Waals surface area contributed by atoms with Gasteiger partial charge < -0.3 is 15.2 Å². The summed E-state index contributed by atoms with van der Waals surface area (Å²) < 4.78 is 20.3. The molecule has 1 aromatic heterocycles. The van der Waals surface area contributed by atoms with Crippen molar-refractivity contribution in [2.75, 3.05) is 13.2 Å². The first kappa shape index (κ1) is 24.3. The van der Waals surface area contributed by atoms with Crippen LogP contribution in [0.25, 0.3) is 10.9 Å². The van der Waals surface area contributed by atoms with Gasteiger partial charge in [0.2, 0.25) is 5.91 Å². The first-order valence-electron chi connectivity index (χ1n) is 10.5. The van der Waals surface area contributed by atoms with E-state index in [2.05, 4.69) is 5.32 Å². The minimum atomic E-state index is -0.875. The molecule has 174 valence electrons. The van der Waals surface area contributed by atoms with Crippen molar-refractivity contribution in [3.8, 4) is 5.75 Å². The average molecular weight is 475 g/mol. The van der Waals surface area contributed by atoms with Gasteiger partial charge in [-0.3, -0.25) is 19.0 Å². The van der Waals surface area contributed by atoms with Crippen LogP contribution in [0.5, 0.6) is 5.75 Å². The van der Waals surface area contributed by atoms with Crippen LogP contribution in [-0.2, 0) is 20.7 Å². The molecule has 0 saturated carbocycles. The monoisotopic (exact) mass is 474 g/mol. The summed E-state index contributed by atoms with van der Waals surface area (Å²) in [6.45, 7) is 3.96. The van der Waals surface area contributed by atoms with Gasteiger partial charge in [-0.2, -0.15) is 0 Å². The van der Waals surface area contributed by atoms with Crippen LogP contribution < -0.4 is 5.32 Å². The third-order valence-corrected chi connectivity index (χ3v) is 5.47. The van der Waals surface area contributed by atoms with E-state index >= 15 is 0 Å². The number of phenols is 1. The van der Waals surface area contributed by atoms with Gasteiger partial charge in [0.05, 0.1) is 18.5 Å². The van der Waals surface area contributed by atoms with Gasteiger partial charge in [0.15, 0.2) is 11.6 Å². The van der Waals surface area contributed by atoms with Gasteiger partial charge in [-0.25, -0.2) is 4.39 Å². The summed E-state index contributed by atoms with van der Waals surface area (Å²) in [6, 6.07) is 8.56. The van der Waals surface area contributed by atoms with Crippen molar-refractivity contribution in [1.29, 1.82) is 0 Å². The summed E-state index contributed by atoms with van der Waals surface area (Å²) in [7, 11) is 0.